The van der Waals surface area contributed by atoms with Crippen LogP contribution in [0.25, 0.3) is 16.6 Å². The molecule has 1 amide bonds. The standard InChI is InChI=1S/C25H24N4O2/c26-20-14-15-28-29-23(17-6-4-5-7-17)22(25(27)30)21(24(20)29)16-10-12-19(13-11-16)31-18-8-2-1-3-9-18/h1-3,8-15,17H,4-7,26H2,(H2,27,30). The number of nitrogen functional groups attached to an aromatic ring is 1. The zero-order valence-corrected chi connectivity index (χ0v) is 17.1. The van der Waals surface area contributed by atoms with E-state index in [9.17, 15) is 4.79 Å². The lowest BCUT2D eigenvalue weighted by molar-refractivity contribution is 0.0999. The fourth-order valence-electron chi connectivity index (χ4n) is 4.65. The first-order valence-corrected chi connectivity index (χ1v) is 10.6. The molecule has 0 bridgehead atoms. The molecule has 4 aromatic rings. The molecule has 0 spiro atoms. The number of aromatic nitrogens is 2. The number of hydrogen-bond acceptors (Lipinski definition) is 4. The maximum atomic E-state index is 12.7. The van der Waals surface area contributed by atoms with E-state index in [0.29, 0.717) is 17.0 Å². The Morgan fingerprint density at radius 3 is 2.32 bits per heavy atom. The third kappa shape index (κ3) is 3.40. The number of carbonyl (C=O) groups is 1. The first kappa shape index (κ1) is 19.2. The van der Waals surface area contributed by atoms with Crippen molar-refractivity contribution in [3.05, 3.63) is 78.1 Å². The van der Waals surface area contributed by atoms with Crippen molar-refractivity contribution in [1.29, 1.82) is 0 Å². The Labute approximate surface area is 180 Å². The maximum Gasteiger partial charge on any atom is 0.251 e. The van der Waals surface area contributed by atoms with Crippen molar-refractivity contribution in [1.82, 2.24) is 9.61 Å². The number of benzene rings is 2. The smallest absolute Gasteiger partial charge is 0.251 e. The number of nitrogens with two attached hydrogens (primary N) is 2. The second-order valence-electron chi connectivity index (χ2n) is 7.97. The van der Waals surface area contributed by atoms with Crippen LogP contribution in [0.1, 0.15) is 47.7 Å². The first-order valence-electron chi connectivity index (χ1n) is 10.6. The van der Waals surface area contributed by atoms with Crippen LogP contribution < -0.4 is 16.2 Å². The number of nitrogens with zero attached hydrogens (tertiary/aromatic N) is 2. The number of para-hydroxylation sites is 1. The lowest BCUT2D eigenvalue weighted by Gasteiger charge is -2.11. The molecular formula is C25H24N4O2. The summed E-state index contributed by atoms with van der Waals surface area (Å²) in [4.78, 5) is 12.7. The second kappa shape index (κ2) is 7.80. The largest absolute Gasteiger partial charge is 0.457 e. The van der Waals surface area contributed by atoms with Crippen molar-refractivity contribution in [3.63, 3.8) is 0 Å². The second-order valence-corrected chi connectivity index (χ2v) is 7.97. The van der Waals surface area contributed by atoms with E-state index < -0.39 is 5.91 Å². The highest BCUT2D eigenvalue weighted by Crippen LogP contribution is 2.43. The molecule has 2 aromatic carbocycles. The summed E-state index contributed by atoms with van der Waals surface area (Å²) in [7, 11) is 0. The zero-order chi connectivity index (χ0) is 21.4. The van der Waals surface area contributed by atoms with Gasteiger partial charge in [-0.2, -0.15) is 5.10 Å². The van der Waals surface area contributed by atoms with Crippen LogP contribution in [0.4, 0.5) is 5.69 Å². The third-order valence-electron chi connectivity index (χ3n) is 6.00. The van der Waals surface area contributed by atoms with Crippen molar-refractivity contribution in [3.8, 4) is 22.6 Å². The molecule has 6 heteroatoms. The minimum Gasteiger partial charge on any atom is -0.457 e. The van der Waals surface area contributed by atoms with Crippen LogP contribution in [0.3, 0.4) is 0 Å². The van der Waals surface area contributed by atoms with Crippen LogP contribution in [-0.2, 0) is 0 Å². The Morgan fingerprint density at radius 2 is 1.65 bits per heavy atom. The van der Waals surface area contributed by atoms with Crippen LogP contribution in [0, 0.1) is 0 Å². The highest BCUT2D eigenvalue weighted by atomic mass is 16.5. The van der Waals surface area contributed by atoms with Crippen molar-refractivity contribution < 1.29 is 9.53 Å². The fourth-order valence-corrected chi connectivity index (χ4v) is 4.65. The minimum absolute atomic E-state index is 0.249. The van der Waals surface area contributed by atoms with E-state index in [4.69, 9.17) is 16.2 Å². The molecule has 1 aliphatic carbocycles. The first-order chi connectivity index (χ1) is 15.1. The number of primary amides is 1. The molecular weight excluding hydrogens is 388 g/mol. The Bertz CT molecular complexity index is 1240. The normalized spacial score (nSPS) is 14.2. The molecule has 4 N–H and O–H groups in total. The molecule has 6 nitrogen and oxygen atoms in total. The van der Waals surface area contributed by atoms with Crippen LogP contribution in [0.2, 0.25) is 0 Å². The average molecular weight is 412 g/mol. The SMILES string of the molecule is NC(=O)c1c(-c2ccc(Oc3ccccc3)cc2)c2c(N)ccnn2c1C1CCCC1. The van der Waals surface area contributed by atoms with Crippen LogP contribution >= 0.6 is 0 Å². The summed E-state index contributed by atoms with van der Waals surface area (Å²) < 4.78 is 7.74. The van der Waals surface area contributed by atoms with Crippen molar-refractivity contribution in [2.45, 2.75) is 31.6 Å². The fraction of sp³-hybridized carbons (Fsp3) is 0.200. The number of carbonyl (C=O) groups excluding carboxylic acids is 1. The number of ether oxygens (including phenoxy) is 1. The van der Waals surface area contributed by atoms with Gasteiger partial charge < -0.3 is 16.2 Å². The molecule has 2 aromatic heterocycles. The monoisotopic (exact) mass is 412 g/mol. The molecule has 5 rings (SSSR count). The molecule has 1 aliphatic rings. The summed E-state index contributed by atoms with van der Waals surface area (Å²) >= 11 is 0. The van der Waals surface area contributed by atoms with E-state index in [1.54, 1.807) is 12.3 Å². The van der Waals surface area contributed by atoms with Gasteiger partial charge in [-0.3, -0.25) is 4.79 Å². The Hall–Kier alpha value is -3.80. The molecule has 2 heterocycles. The number of anilines is 1. The number of fused-ring (bicyclic) bond motifs is 1. The summed E-state index contributed by atoms with van der Waals surface area (Å²) in [5.41, 5.74) is 16.6. The number of hydrogen-bond donors (Lipinski definition) is 2. The Kier molecular flexibility index (Phi) is 4.82. The van der Waals surface area contributed by atoms with E-state index in [2.05, 4.69) is 5.10 Å². The number of rotatable bonds is 5. The molecule has 0 atom stereocenters. The lowest BCUT2D eigenvalue weighted by Crippen LogP contribution is -2.16. The summed E-state index contributed by atoms with van der Waals surface area (Å²) in [6.07, 6.45) is 5.99. The summed E-state index contributed by atoms with van der Waals surface area (Å²) in [6.45, 7) is 0. The molecule has 31 heavy (non-hydrogen) atoms. The van der Waals surface area contributed by atoms with E-state index in [1.807, 2.05) is 59.1 Å². The van der Waals surface area contributed by atoms with E-state index in [0.717, 1.165) is 53.8 Å². The quantitative estimate of drug-likeness (QED) is 0.475. The van der Waals surface area contributed by atoms with Gasteiger partial charge in [-0.15, -0.1) is 0 Å². The van der Waals surface area contributed by atoms with Gasteiger partial charge in [0.15, 0.2) is 0 Å². The molecule has 1 saturated carbocycles. The van der Waals surface area contributed by atoms with Crippen LogP contribution in [0.15, 0.2) is 66.9 Å². The molecule has 156 valence electrons. The van der Waals surface area contributed by atoms with Crippen molar-refractivity contribution >= 4 is 17.1 Å². The zero-order valence-electron chi connectivity index (χ0n) is 17.1. The van der Waals surface area contributed by atoms with Gasteiger partial charge in [0, 0.05) is 17.7 Å². The Morgan fingerprint density at radius 1 is 0.968 bits per heavy atom. The molecule has 0 saturated heterocycles. The maximum absolute atomic E-state index is 12.7. The van der Waals surface area contributed by atoms with E-state index in [-0.39, 0.29) is 5.92 Å². The molecule has 0 unspecified atom stereocenters. The predicted octanol–water partition coefficient (Wildman–Crippen LogP) is 5.13. The van der Waals surface area contributed by atoms with E-state index >= 15 is 0 Å². The summed E-state index contributed by atoms with van der Waals surface area (Å²) in [5, 5.41) is 4.55. The minimum atomic E-state index is -0.452. The van der Waals surface area contributed by atoms with Gasteiger partial charge in [-0.1, -0.05) is 43.2 Å². The van der Waals surface area contributed by atoms with Gasteiger partial charge in [0.05, 0.1) is 22.5 Å². The average Bonchev–Trinajstić information content (AvgIpc) is 3.41. The van der Waals surface area contributed by atoms with Gasteiger partial charge in [-0.05, 0) is 48.7 Å². The van der Waals surface area contributed by atoms with Crippen LogP contribution in [0.5, 0.6) is 11.5 Å². The topological polar surface area (TPSA) is 95.6 Å². The van der Waals surface area contributed by atoms with E-state index in [1.165, 1.54) is 0 Å². The molecule has 1 fully saturated rings. The number of amides is 1. The molecule has 0 radical (unpaired) electrons. The molecule has 0 aliphatic heterocycles. The van der Waals surface area contributed by atoms with Crippen molar-refractivity contribution in [2.75, 3.05) is 5.73 Å². The van der Waals surface area contributed by atoms with Gasteiger partial charge in [0.25, 0.3) is 5.91 Å². The third-order valence-corrected chi connectivity index (χ3v) is 6.00. The van der Waals surface area contributed by atoms with Gasteiger partial charge in [0.1, 0.15) is 11.5 Å². The highest BCUT2D eigenvalue weighted by Gasteiger charge is 2.31. The van der Waals surface area contributed by atoms with Crippen molar-refractivity contribution in [2.24, 2.45) is 5.73 Å². The summed E-state index contributed by atoms with van der Waals surface area (Å²) in [6, 6.07) is 19.0. The van der Waals surface area contributed by atoms with Gasteiger partial charge in [0.2, 0.25) is 0 Å². The Balaban J connectivity index is 1.65. The van der Waals surface area contributed by atoms with Gasteiger partial charge in [-0.25, -0.2) is 4.52 Å². The van der Waals surface area contributed by atoms with Crippen LogP contribution in [-0.4, -0.2) is 15.5 Å². The highest BCUT2D eigenvalue weighted by molar-refractivity contribution is 6.08. The van der Waals surface area contributed by atoms with Gasteiger partial charge >= 0.3 is 0 Å². The summed E-state index contributed by atoms with van der Waals surface area (Å²) in [5.74, 6) is 1.27. The predicted molar refractivity (Wildman–Crippen MR) is 121 cm³/mol. The lowest BCUT2D eigenvalue weighted by atomic mass is 9.94.